The van der Waals surface area contributed by atoms with Crippen LogP contribution in [0.5, 0.6) is 0 Å². The van der Waals surface area contributed by atoms with Gasteiger partial charge in [-0.2, -0.15) is 11.3 Å². The number of anilines is 1. The number of amides is 1. The summed E-state index contributed by atoms with van der Waals surface area (Å²) >= 11 is 1.56. The van der Waals surface area contributed by atoms with Crippen molar-refractivity contribution >= 4 is 22.9 Å². The molecule has 1 aromatic heterocycles. The third-order valence-electron chi connectivity index (χ3n) is 2.18. The van der Waals surface area contributed by atoms with E-state index >= 15 is 0 Å². The lowest BCUT2D eigenvalue weighted by molar-refractivity contribution is -0.120. The normalized spacial score (nSPS) is 12.9. The van der Waals surface area contributed by atoms with Gasteiger partial charge in [0.1, 0.15) is 0 Å². The van der Waals surface area contributed by atoms with Gasteiger partial charge in [-0.25, -0.2) is 0 Å². The van der Waals surface area contributed by atoms with Crippen LogP contribution in [0.15, 0.2) is 16.8 Å². The number of nitrogens with one attached hydrogen (secondary N) is 1. The number of carbonyl (C=O) groups excluding carboxylic acids is 1. The van der Waals surface area contributed by atoms with Crippen molar-refractivity contribution in [2.24, 2.45) is 17.6 Å². The van der Waals surface area contributed by atoms with Gasteiger partial charge in [-0.15, -0.1) is 0 Å². The maximum absolute atomic E-state index is 11.7. The fourth-order valence-electron chi connectivity index (χ4n) is 1.25. The van der Waals surface area contributed by atoms with Gasteiger partial charge in [0.2, 0.25) is 5.91 Å². The maximum Gasteiger partial charge on any atom is 0.229 e. The van der Waals surface area contributed by atoms with Gasteiger partial charge >= 0.3 is 0 Å². The molecule has 0 spiro atoms. The lowest BCUT2D eigenvalue weighted by atomic mass is 9.95. The zero-order valence-electron chi connectivity index (χ0n) is 8.49. The molecular formula is C10H16N2OS. The summed E-state index contributed by atoms with van der Waals surface area (Å²) in [4.78, 5) is 11.7. The number of carbonyl (C=O) groups is 1. The molecule has 0 aliphatic carbocycles. The average molecular weight is 212 g/mol. The van der Waals surface area contributed by atoms with Crippen molar-refractivity contribution in [3.8, 4) is 0 Å². The molecule has 1 amide bonds. The Labute approximate surface area is 88.3 Å². The Kier molecular flexibility index (Phi) is 4.10. The second kappa shape index (κ2) is 5.12. The minimum Gasteiger partial charge on any atom is -0.330 e. The van der Waals surface area contributed by atoms with Crippen molar-refractivity contribution < 1.29 is 4.79 Å². The summed E-state index contributed by atoms with van der Waals surface area (Å²) < 4.78 is 0. The first-order valence-corrected chi connectivity index (χ1v) is 5.62. The van der Waals surface area contributed by atoms with E-state index in [4.69, 9.17) is 5.73 Å². The van der Waals surface area contributed by atoms with E-state index in [2.05, 4.69) is 5.32 Å². The fourth-order valence-corrected chi connectivity index (χ4v) is 1.84. The van der Waals surface area contributed by atoms with Crippen molar-refractivity contribution in [2.45, 2.75) is 13.8 Å². The molecule has 0 aliphatic rings. The molecule has 0 saturated heterocycles. The van der Waals surface area contributed by atoms with Crippen LogP contribution in [0.25, 0.3) is 0 Å². The summed E-state index contributed by atoms with van der Waals surface area (Å²) in [5.74, 6) is 0.189. The number of hydrogen-bond acceptors (Lipinski definition) is 3. The molecule has 4 heteroatoms. The van der Waals surface area contributed by atoms with Crippen molar-refractivity contribution in [2.75, 3.05) is 11.9 Å². The molecule has 1 atom stereocenters. The highest BCUT2D eigenvalue weighted by Gasteiger charge is 2.20. The van der Waals surface area contributed by atoms with Crippen LogP contribution in [0.4, 0.5) is 5.69 Å². The van der Waals surface area contributed by atoms with Crippen LogP contribution in [-0.4, -0.2) is 12.5 Å². The lowest BCUT2D eigenvalue weighted by Crippen LogP contribution is -2.32. The summed E-state index contributed by atoms with van der Waals surface area (Å²) in [5, 5.41) is 6.69. The second-order valence-electron chi connectivity index (χ2n) is 3.59. The molecule has 0 radical (unpaired) electrons. The molecule has 0 bridgehead atoms. The van der Waals surface area contributed by atoms with E-state index in [0.29, 0.717) is 6.54 Å². The van der Waals surface area contributed by atoms with Crippen molar-refractivity contribution in [3.63, 3.8) is 0 Å². The highest BCUT2D eigenvalue weighted by molar-refractivity contribution is 7.08. The third-order valence-corrected chi connectivity index (χ3v) is 2.87. The summed E-state index contributed by atoms with van der Waals surface area (Å²) in [5.41, 5.74) is 6.41. The topological polar surface area (TPSA) is 55.1 Å². The molecule has 0 aromatic carbocycles. The molecule has 14 heavy (non-hydrogen) atoms. The molecule has 1 aromatic rings. The molecule has 1 unspecified atom stereocenters. The van der Waals surface area contributed by atoms with Crippen LogP contribution in [-0.2, 0) is 4.79 Å². The quantitative estimate of drug-likeness (QED) is 0.801. The summed E-state index contributed by atoms with van der Waals surface area (Å²) in [6.45, 7) is 4.41. The van der Waals surface area contributed by atoms with Crippen molar-refractivity contribution in [3.05, 3.63) is 16.8 Å². The van der Waals surface area contributed by atoms with Crippen LogP contribution >= 0.6 is 11.3 Å². The average Bonchev–Trinajstić information content (AvgIpc) is 2.57. The SMILES string of the molecule is CC(C)C(CN)C(=O)Nc1ccsc1. The maximum atomic E-state index is 11.7. The molecule has 78 valence electrons. The minimum absolute atomic E-state index is 0.0147. The number of hydrogen-bond donors (Lipinski definition) is 2. The standard InChI is InChI=1S/C10H16N2OS/c1-7(2)9(5-11)10(13)12-8-3-4-14-6-8/h3-4,6-7,9H,5,11H2,1-2H3,(H,12,13). The lowest BCUT2D eigenvalue weighted by Gasteiger charge is -2.17. The van der Waals surface area contributed by atoms with Gasteiger partial charge in [0.15, 0.2) is 0 Å². The molecule has 0 aliphatic heterocycles. The Bertz CT molecular complexity index is 282. The van der Waals surface area contributed by atoms with Gasteiger partial charge in [0.25, 0.3) is 0 Å². The van der Waals surface area contributed by atoms with E-state index < -0.39 is 0 Å². The van der Waals surface area contributed by atoms with Gasteiger partial charge in [-0.3, -0.25) is 4.79 Å². The van der Waals surface area contributed by atoms with E-state index in [1.54, 1.807) is 11.3 Å². The van der Waals surface area contributed by atoms with E-state index in [1.807, 2.05) is 30.7 Å². The van der Waals surface area contributed by atoms with Crippen LogP contribution in [0.3, 0.4) is 0 Å². The summed E-state index contributed by atoms with van der Waals surface area (Å²) in [7, 11) is 0. The zero-order chi connectivity index (χ0) is 10.6. The molecule has 3 N–H and O–H groups in total. The first kappa shape index (κ1) is 11.2. The summed E-state index contributed by atoms with van der Waals surface area (Å²) in [6.07, 6.45) is 0. The number of thiophene rings is 1. The monoisotopic (exact) mass is 212 g/mol. The Morgan fingerprint density at radius 2 is 2.36 bits per heavy atom. The number of nitrogens with two attached hydrogens (primary N) is 1. The molecule has 1 rings (SSSR count). The number of rotatable bonds is 4. The van der Waals surface area contributed by atoms with Crippen molar-refractivity contribution in [1.82, 2.24) is 0 Å². The highest BCUT2D eigenvalue weighted by Crippen LogP contribution is 2.16. The Morgan fingerprint density at radius 1 is 1.64 bits per heavy atom. The van der Waals surface area contributed by atoms with E-state index in [-0.39, 0.29) is 17.7 Å². The predicted octanol–water partition coefficient (Wildman–Crippen LogP) is 1.92. The first-order valence-electron chi connectivity index (χ1n) is 4.68. The third kappa shape index (κ3) is 2.82. The van der Waals surface area contributed by atoms with Crippen LogP contribution < -0.4 is 11.1 Å². The Morgan fingerprint density at radius 3 is 2.79 bits per heavy atom. The molecule has 1 heterocycles. The minimum atomic E-state index is -0.102. The molecular weight excluding hydrogens is 196 g/mol. The first-order chi connectivity index (χ1) is 6.65. The van der Waals surface area contributed by atoms with Crippen LogP contribution in [0.2, 0.25) is 0 Å². The predicted molar refractivity (Wildman–Crippen MR) is 60.3 cm³/mol. The van der Waals surface area contributed by atoms with Crippen molar-refractivity contribution in [1.29, 1.82) is 0 Å². The Balaban J connectivity index is 2.56. The van der Waals surface area contributed by atoms with Gasteiger partial charge in [-0.05, 0) is 17.4 Å². The van der Waals surface area contributed by atoms with Gasteiger partial charge < -0.3 is 11.1 Å². The van der Waals surface area contributed by atoms with Gasteiger partial charge in [0, 0.05) is 11.9 Å². The van der Waals surface area contributed by atoms with Gasteiger partial charge in [0.05, 0.1) is 11.6 Å². The van der Waals surface area contributed by atoms with Crippen LogP contribution in [0.1, 0.15) is 13.8 Å². The van der Waals surface area contributed by atoms with Crippen LogP contribution in [0, 0.1) is 11.8 Å². The highest BCUT2D eigenvalue weighted by atomic mass is 32.1. The molecule has 0 fully saturated rings. The summed E-state index contributed by atoms with van der Waals surface area (Å²) in [6, 6.07) is 1.89. The molecule has 0 saturated carbocycles. The smallest absolute Gasteiger partial charge is 0.229 e. The van der Waals surface area contributed by atoms with E-state index in [1.165, 1.54) is 0 Å². The second-order valence-corrected chi connectivity index (χ2v) is 4.37. The molecule has 3 nitrogen and oxygen atoms in total. The van der Waals surface area contributed by atoms with E-state index in [9.17, 15) is 4.79 Å². The van der Waals surface area contributed by atoms with E-state index in [0.717, 1.165) is 5.69 Å². The largest absolute Gasteiger partial charge is 0.330 e. The Hall–Kier alpha value is -0.870. The zero-order valence-corrected chi connectivity index (χ0v) is 9.30. The fraction of sp³-hybridized carbons (Fsp3) is 0.500. The van der Waals surface area contributed by atoms with Gasteiger partial charge in [-0.1, -0.05) is 13.8 Å².